The van der Waals surface area contributed by atoms with Gasteiger partial charge in [0.2, 0.25) is 0 Å². The average Bonchev–Trinajstić information content (AvgIpc) is 2.60. The van der Waals surface area contributed by atoms with E-state index in [9.17, 15) is 8.42 Å². The van der Waals surface area contributed by atoms with Gasteiger partial charge in [-0.1, -0.05) is 20.3 Å². The molecule has 0 spiro atoms. The summed E-state index contributed by atoms with van der Waals surface area (Å²) in [5.74, 6) is 1.15. The van der Waals surface area contributed by atoms with Crippen molar-refractivity contribution in [1.82, 2.24) is 10.2 Å². The van der Waals surface area contributed by atoms with E-state index in [0.29, 0.717) is 18.2 Å². The summed E-state index contributed by atoms with van der Waals surface area (Å²) in [5, 5.41) is 6.41. The fourth-order valence-electron chi connectivity index (χ4n) is 2.56. The number of nitrogens with two attached hydrogens (primary N) is 1. The second kappa shape index (κ2) is 4.91. The average molecular weight is 271 g/mol. The lowest BCUT2D eigenvalue weighted by atomic mass is 9.99. The number of hydrogen-bond donors (Lipinski definition) is 2. The molecular weight excluding hydrogens is 250 g/mol. The smallest absolute Gasteiger partial charge is 0.158 e. The molecule has 1 aliphatic heterocycles. The van der Waals surface area contributed by atoms with Gasteiger partial charge in [-0.3, -0.25) is 5.10 Å². The van der Waals surface area contributed by atoms with Crippen molar-refractivity contribution in [3.63, 3.8) is 0 Å². The number of nitrogens with one attached hydrogen (secondary N) is 1. The zero-order chi connectivity index (χ0) is 13.3. The van der Waals surface area contributed by atoms with Gasteiger partial charge in [0.1, 0.15) is 11.1 Å². The first-order chi connectivity index (χ1) is 8.42. The molecular formula is C12H21N3O2S. The van der Waals surface area contributed by atoms with Gasteiger partial charge in [0.05, 0.1) is 11.4 Å². The Balaban J connectivity index is 2.38. The lowest BCUT2D eigenvalue weighted by Gasteiger charge is -2.22. The Morgan fingerprint density at radius 2 is 2.17 bits per heavy atom. The normalized spacial score (nSPS) is 23.4. The Kier molecular flexibility index (Phi) is 3.66. The highest BCUT2D eigenvalue weighted by atomic mass is 32.2. The van der Waals surface area contributed by atoms with Crippen LogP contribution in [-0.4, -0.2) is 24.4 Å². The van der Waals surface area contributed by atoms with Crippen molar-refractivity contribution in [3.8, 4) is 0 Å². The Morgan fingerprint density at radius 3 is 2.78 bits per heavy atom. The van der Waals surface area contributed by atoms with Gasteiger partial charge in [-0.15, -0.1) is 0 Å². The number of nitrogens with zero attached hydrogens (tertiary/aromatic N) is 1. The van der Waals surface area contributed by atoms with Crippen LogP contribution >= 0.6 is 0 Å². The summed E-state index contributed by atoms with van der Waals surface area (Å²) in [4.78, 5) is 0. The molecule has 2 rings (SSSR count). The molecule has 3 N–H and O–H groups in total. The summed E-state index contributed by atoms with van der Waals surface area (Å²) in [6, 6.07) is 0. The number of hydrogen-bond acceptors (Lipinski definition) is 4. The van der Waals surface area contributed by atoms with E-state index in [2.05, 4.69) is 24.0 Å². The minimum atomic E-state index is -3.05. The van der Waals surface area contributed by atoms with Gasteiger partial charge in [-0.05, 0) is 25.2 Å². The van der Waals surface area contributed by atoms with Crippen LogP contribution in [0.3, 0.4) is 0 Å². The minimum absolute atomic E-state index is 0.276. The van der Waals surface area contributed by atoms with Crippen molar-refractivity contribution in [3.05, 3.63) is 11.3 Å². The molecule has 1 atom stereocenters. The van der Waals surface area contributed by atoms with E-state index in [1.807, 2.05) is 0 Å². The summed E-state index contributed by atoms with van der Waals surface area (Å²) in [6.07, 6.45) is 3.16. The highest BCUT2D eigenvalue weighted by Crippen LogP contribution is 2.36. The quantitative estimate of drug-likeness (QED) is 0.877. The van der Waals surface area contributed by atoms with Crippen molar-refractivity contribution in [1.29, 1.82) is 0 Å². The first-order valence-electron chi connectivity index (χ1n) is 6.46. The molecule has 6 heteroatoms. The first-order valence-corrected chi connectivity index (χ1v) is 8.17. The van der Waals surface area contributed by atoms with Crippen LogP contribution in [0.15, 0.2) is 0 Å². The van der Waals surface area contributed by atoms with Crippen molar-refractivity contribution in [2.45, 2.75) is 44.8 Å². The van der Waals surface area contributed by atoms with E-state index in [1.54, 1.807) is 0 Å². The predicted molar refractivity (Wildman–Crippen MR) is 71.9 cm³/mol. The number of H-pyrrole nitrogens is 1. The Morgan fingerprint density at radius 1 is 1.44 bits per heavy atom. The Hall–Kier alpha value is -1.04. The molecule has 1 saturated heterocycles. The van der Waals surface area contributed by atoms with Crippen LogP contribution < -0.4 is 5.73 Å². The zero-order valence-electron chi connectivity index (χ0n) is 10.9. The van der Waals surface area contributed by atoms with E-state index in [4.69, 9.17) is 5.73 Å². The molecule has 0 radical (unpaired) electrons. The highest BCUT2D eigenvalue weighted by Gasteiger charge is 2.33. The maximum atomic E-state index is 12.1. The van der Waals surface area contributed by atoms with Crippen LogP contribution in [0.2, 0.25) is 0 Å². The molecule has 0 aromatic carbocycles. The van der Waals surface area contributed by atoms with E-state index in [-0.39, 0.29) is 5.75 Å². The van der Waals surface area contributed by atoms with Gasteiger partial charge in [-0.2, -0.15) is 5.10 Å². The summed E-state index contributed by atoms with van der Waals surface area (Å²) in [6.45, 7) is 4.18. The van der Waals surface area contributed by atoms with Gasteiger partial charge in [0.25, 0.3) is 0 Å². The zero-order valence-corrected chi connectivity index (χ0v) is 11.8. The molecule has 0 bridgehead atoms. The topological polar surface area (TPSA) is 88.8 Å². The summed E-state index contributed by atoms with van der Waals surface area (Å²) < 4.78 is 24.3. The molecule has 2 heterocycles. The molecule has 1 aliphatic rings. The number of rotatable bonds is 3. The third kappa shape index (κ3) is 2.53. The lowest BCUT2D eigenvalue weighted by molar-refractivity contribution is 0.539. The second-order valence-electron chi connectivity index (χ2n) is 5.45. The number of nitrogen functional groups attached to an aromatic ring is 1. The van der Waals surface area contributed by atoms with Crippen molar-refractivity contribution >= 4 is 15.7 Å². The van der Waals surface area contributed by atoms with Crippen molar-refractivity contribution in [2.24, 2.45) is 5.92 Å². The van der Waals surface area contributed by atoms with Gasteiger partial charge >= 0.3 is 0 Å². The predicted octanol–water partition coefficient (Wildman–Crippen LogP) is 1.83. The molecule has 1 aromatic rings. The van der Waals surface area contributed by atoms with Crippen LogP contribution in [-0.2, 0) is 16.3 Å². The van der Waals surface area contributed by atoms with Gasteiger partial charge in [0.15, 0.2) is 9.84 Å². The molecule has 102 valence electrons. The van der Waals surface area contributed by atoms with E-state index in [0.717, 1.165) is 30.5 Å². The molecule has 5 nitrogen and oxygen atoms in total. The van der Waals surface area contributed by atoms with Crippen LogP contribution in [0.1, 0.15) is 49.6 Å². The van der Waals surface area contributed by atoms with Crippen LogP contribution in [0, 0.1) is 5.92 Å². The molecule has 1 fully saturated rings. The molecule has 0 amide bonds. The van der Waals surface area contributed by atoms with Gasteiger partial charge in [0, 0.05) is 5.56 Å². The number of aromatic amines is 1. The van der Waals surface area contributed by atoms with Crippen LogP contribution in [0.25, 0.3) is 0 Å². The second-order valence-corrected chi connectivity index (χ2v) is 7.75. The molecule has 1 unspecified atom stereocenters. The molecule has 0 saturated carbocycles. The van der Waals surface area contributed by atoms with Crippen molar-refractivity contribution < 1.29 is 8.42 Å². The number of sulfone groups is 1. The minimum Gasteiger partial charge on any atom is -0.382 e. The standard InChI is InChI=1S/C12H21N3O2S/c1-8(2)7-9-11(14-15-12(9)13)10-5-3-4-6-18(10,16)17/h8,10H,3-7H2,1-2H3,(H3,13,14,15). The van der Waals surface area contributed by atoms with E-state index < -0.39 is 15.1 Å². The third-order valence-electron chi connectivity index (χ3n) is 3.44. The summed E-state index contributed by atoms with van der Waals surface area (Å²) >= 11 is 0. The maximum Gasteiger partial charge on any atom is 0.158 e. The Labute approximate surface area is 108 Å². The number of anilines is 1. The van der Waals surface area contributed by atoms with Crippen LogP contribution in [0.4, 0.5) is 5.82 Å². The molecule has 0 aliphatic carbocycles. The number of aromatic nitrogens is 2. The monoisotopic (exact) mass is 271 g/mol. The van der Waals surface area contributed by atoms with E-state index >= 15 is 0 Å². The van der Waals surface area contributed by atoms with Crippen LogP contribution in [0.5, 0.6) is 0 Å². The van der Waals surface area contributed by atoms with Gasteiger partial charge in [-0.25, -0.2) is 8.42 Å². The summed E-state index contributed by atoms with van der Waals surface area (Å²) in [7, 11) is -3.05. The van der Waals surface area contributed by atoms with E-state index in [1.165, 1.54) is 0 Å². The largest absolute Gasteiger partial charge is 0.382 e. The fraction of sp³-hybridized carbons (Fsp3) is 0.750. The fourth-order valence-corrected chi connectivity index (χ4v) is 4.53. The summed E-state index contributed by atoms with van der Waals surface area (Å²) in [5.41, 5.74) is 7.46. The molecule has 18 heavy (non-hydrogen) atoms. The lowest BCUT2D eigenvalue weighted by Crippen LogP contribution is -2.23. The highest BCUT2D eigenvalue weighted by molar-refractivity contribution is 7.91. The third-order valence-corrected chi connectivity index (χ3v) is 5.64. The first kappa shape index (κ1) is 13.4. The SMILES string of the molecule is CC(C)Cc1c(N)n[nH]c1C1CCCCS1(=O)=O. The Bertz CT molecular complexity index is 519. The molecule has 1 aromatic heterocycles. The van der Waals surface area contributed by atoms with Crippen molar-refractivity contribution in [2.75, 3.05) is 11.5 Å². The maximum absolute atomic E-state index is 12.1. The van der Waals surface area contributed by atoms with Gasteiger partial charge < -0.3 is 5.73 Å².